The van der Waals surface area contributed by atoms with Crippen molar-refractivity contribution >= 4 is 28.7 Å². The third-order valence-corrected chi connectivity index (χ3v) is 8.93. The highest BCUT2D eigenvalue weighted by atomic mass is 19.4. The standard InChI is InChI=1S/C33H35N3O2.2C2HF3O2/c37-32(30-15-14-27-10-4-6-12-29(27)34-30)36-22-18-33(19-23-36)16-20-35(21-17-33)24-28-11-5-7-13-31(28)38-25-26-8-2-1-3-9-26;2*3-2(4,5)1(6)7/h1-15H,16-25H2;2*(H,6,7). The van der Waals surface area contributed by atoms with Gasteiger partial charge in [0.25, 0.3) is 5.91 Å². The number of hydrogen-bond donors (Lipinski definition) is 2. The fourth-order valence-corrected chi connectivity index (χ4v) is 5.97. The Balaban J connectivity index is 0.000000367. The maximum absolute atomic E-state index is 13.2. The Morgan fingerprint density at radius 2 is 1.21 bits per heavy atom. The van der Waals surface area contributed by atoms with Gasteiger partial charge in [0.1, 0.15) is 18.1 Å². The molecule has 278 valence electrons. The molecule has 2 fully saturated rings. The minimum atomic E-state index is -5.08. The molecule has 1 aromatic heterocycles. The fourth-order valence-electron chi connectivity index (χ4n) is 5.97. The predicted molar refractivity (Wildman–Crippen MR) is 178 cm³/mol. The van der Waals surface area contributed by atoms with E-state index in [1.165, 1.54) is 24.0 Å². The summed E-state index contributed by atoms with van der Waals surface area (Å²) in [6.07, 6.45) is -5.62. The number of ether oxygens (including phenoxy) is 1. The van der Waals surface area contributed by atoms with E-state index in [4.69, 9.17) is 24.5 Å². The number of para-hydroxylation sites is 2. The molecule has 2 N–H and O–H groups in total. The van der Waals surface area contributed by atoms with Crippen molar-refractivity contribution in [3.8, 4) is 5.75 Å². The van der Waals surface area contributed by atoms with Gasteiger partial charge in [-0.25, -0.2) is 14.6 Å². The lowest BCUT2D eigenvalue weighted by atomic mass is 9.71. The molecule has 3 heterocycles. The van der Waals surface area contributed by atoms with Gasteiger partial charge >= 0.3 is 24.3 Å². The summed E-state index contributed by atoms with van der Waals surface area (Å²) in [6.45, 7) is 5.33. The van der Waals surface area contributed by atoms with E-state index in [1.807, 2.05) is 47.4 Å². The summed E-state index contributed by atoms with van der Waals surface area (Å²) in [4.78, 5) is 40.2. The largest absolute Gasteiger partial charge is 0.490 e. The number of likely N-dealkylation sites (tertiary alicyclic amines) is 2. The minimum absolute atomic E-state index is 0.0650. The van der Waals surface area contributed by atoms with Crippen molar-refractivity contribution in [2.45, 2.75) is 51.2 Å². The average molecular weight is 734 g/mol. The normalized spacial score (nSPS) is 15.8. The van der Waals surface area contributed by atoms with Crippen LogP contribution in [0.1, 0.15) is 47.3 Å². The SMILES string of the molecule is O=C(O)C(F)(F)F.O=C(O)C(F)(F)F.O=C(c1ccc2ccccc2n1)N1CCC2(CCN(Cc3ccccc3OCc3ccccc3)CC2)CC1. The van der Waals surface area contributed by atoms with Crippen molar-refractivity contribution in [3.05, 3.63) is 108 Å². The summed E-state index contributed by atoms with van der Waals surface area (Å²) < 4.78 is 69.7. The number of piperidine rings is 2. The van der Waals surface area contributed by atoms with E-state index in [0.717, 1.165) is 62.2 Å². The molecule has 15 heteroatoms. The molecule has 2 aliphatic rings. The molecule has 2 aliphatic heterocycles. The van der Waals surface area contributed by atoms with Crippen LogP contribution >= 0.6 is 0 Å². The Kier molecular flexibility index (Phi) is 13.2. The van der Waals surface area contributed by atoms with Crippen LogP contribution in [0.2, 0.25) is 0 Å². The van der Waals surface area contributed by atoms with E-state index >= 15 is 0 Å². The highest BCUT2D eigenvalue weighted by Crippen LogP contribution is 2.42. The first-order valence-electron chi connectivity index (χ1n) is 16.3. The van der Waals surface area contributed by atoms with Gasteiger partial charge in [-0.15, -0.1) is 0 Å². The number of halogens is 6. The number of aliphatic carboxylic acids is 2. The third-order valence-electron chi connectivity index (χ3n) is 8.93. The molecule has 1 amide bonds. The van der Waals surface area contributed by atoms with E-state index in [-0.39, 0.29) is 5.91 Å². The van der Waals surface area contributed by atoms with E-state index in [9.17, 15) is 31.1 Å². The average Bonchev–Trinajstić information content (AvgIpc) is 3.12. The molecule has 0 aliphatic carbocycles. The molecule has 1 spiro atoms. The smallest absolute Gasteiger partial charge is 0.489 e. The number of pyridine rings is 1. The van der Waals surface area contributed by atoms with E-state index in [1.54, 1.807) is 0 Å². The van der Waals surface area contributed by atoms with Crippen molar-refractivity contribution in [1.82, 2.24) is 14.8 Å². The first-order chi connectivity index (χ1) is 24.6. The molecule has 52 heavy (non-hydrogen) atoms. The molecule has 0 saturated carbocycles. The maximum atomic E-state index is 13.2. The van der Waals surface area contributed by atoms with Gasteiger partial charge in [-0.1, -0.05) is 72.8 Å². The second-order valence-electron chi connectivity index (χ2n) is 12.4. The molecule has 0 bridgehead atoms. The lowest BCUT2D eigenvalue weighted by Gasteiger charge is -2.47. The molecule has 0 unspecified atom stereocenters. The number of aromatic nitrogens is 1. The molecule has 2 saturated heterocycles. The Labute approximate surface area is 295 Å². The van der Waals surface area contributed by atoms with Gasteiger partial charge in [0, 0.05) is 30.6 Å². The Bertz CT molecular complexity index is 1780. The van der Waals surface area contributed by atoms with Gasteiger partial charge in [0.05, 0.1) is 5.52 Å². The van der Waals surface area contributed by atoms with Gasteiger partial charge < -0.3 is 19.8 Å². The number of fused-ring (bicyclic) bond motifs is 1. The van der Waals surface area contributed by atoms with Crippen LogP contribution in [0.15, 0.2) is 91.0 Å². The van der Waals surface area contributed by atoms with Gasteiger partial charge in [-0.2, -0.15) is 26.3 Å². The van der Waals surface area contributed by atoms with Gasteiger partial charge in [-0.05, 0) is 68.0 Å². The number of hydrogen-bond acceptors (Lipinski definition) is 6. The molecule has 0 atom stereocenters. The molecular formula is C37H37F6N3O6. The first kappa shape index (κ1) is 39.6. The zero-order valence-corrected chi connectivity index (χ0v) is 27.9. The highest BCUT2D eigenvalue weighted by Gasteiger charge is 2.40. The number of carboxylic acids is 2. The highest BCUT2D eigenvalue weighted by molar-refractivity contribution is 5.95. The van der Waals surface area contributed by atoms with Gasteiger partial charge in [-0.3, -0.25) is 9.69 Å². The topological polar surface area (TPSA) is 120 Å². The lowest BCUT2D eigenvalue weighted by Crippen LogP contribution is -2.48. The summed E-state index contributed by atoms with van der Waals surface area (Å²) in [5, 5.41) is 15.3. The summed E-state index contributed by atoms with van der Waals surface area (Å²) >= 11 is 0. The van der Waals surface area contributed by atoms with Crippen LogP contribution in [0.4, 0.5) is 26.3 Å². The number of carbonyl (C=O) groups is 3. The summed E-state index contributed by atoms with van der Waals surface area (Å²) in [6, 6.07) is 30.6. The lowest BCUT2D eigenvalue weighted by molar-refractivity contribution is -0.193. The first-order valence-corrected chi connectivity index (χ1v) is 16.3. The van der Waals surface area contributed by atoms with E-state index < -0.39 is 24.3 Å². The van der Waals surface area contributed by atoms with Crippen molar-refractivity contribution < 1.29 is 55.7 Å². The Hall–Kier alpha value is -5.18. The number of amides is 1. The van der Waals surface area contributed by atoms with Gasteiger partial charge in [0.15, 0.2) is 0 Å². The fraction of sp³-hybridized carbons (Fsp3) is 0.351. The van der Waals surface area contributed by atoms with Crippen LogP contribution in [0.3, 0.4) is 0 Å². The minimum Gasteiger partial charge on any atom is -0.489 e. The number of nitrogens with zero attached hydrogens (tertiary/aromatic N) is 3. The van der Waals surface area contributed by atoms with Crippen molar-refractivity contribution in [3.63, 3.8) is 0 Å². The molecule has 4 aromatic rings. The Morgan fingerprint density at radius 3 is 1.81 bits per heavy atom. The third kappa shape index (κ3) is 11.4. The summed E-state index contributed by atoms with van der Waals surface area (Å²) in [7, 11) is 0. The number of alkyl halides is 6. The van der Waals surface area contributed by atoms with Crippen LogP contribution in [0.5, 0.6) is 5.75 Å². The summed E-state index contributed by atoms with van der Waals surface area (Å²) in [5.74, 6) is -4.47. The van der Waals surface area contributed by atoms with Crippen molar-refractivity contribution in [1.29, 1.82) is 0 Å². The zero-order valence-electron chi connectivity index (χ0n) is 27.9. The van der Waals surface area contributed by atoms with Crippen LogP contribution in [-0.4, -0.2) is 81.4 Å². The number of carboxylic acid groups (broad SMARTS) is 2. The molecule has 9 nitrogen and oxygen atoms in total. The van der Waals surface area contributed by atoms with Crippen LogP contribution in [-0.2, 0) is 22.7 Å². The Morgan fingerprint density at radius 1 is 0.692 bits per heavy atom. The van der Waals surface area contributed by atoms with Crippen LogP contribution in [0.25, 0.3) is 10.9 Å². The second kappa shape index (κ2) is 17.4. The second-order valence-corrected chi connectivity index (χ2v) is 12.4. The zero-order chi connectivity index (χ0) is 37.9. The number of benzene rings is 3. The molecular weight excluding hydrogens is 696 g/mol. The molecule has 6 rings (SSSR count). The van der Waals surface area contributed by atoms with Crippen LogP contribution in [0, 0.1) is 5.41 Å². The van der Waals surface area contributed by atoms with E-state index in [0.29, 0.717) is 17.7 Å². The monoisotopic (exact) mass is 733 g/mol. The maximum Gasteiger partial charge on any atom is 0.490 e. The quantitative estimate of drug-likeness (QED) is 0.195. The number of rotatable bonds is 6. The molecule has 0 radical (unpaired) electrons. The number of carbonyl (C=O) groups excluding carboxylic acids is 1. The summed E-state index contributed by atoms with van der Waals surface area (Å²) in [5.41, 5.74) is 4.23. The van der Waals surface area contributed by atoms with Gasteiger partial charge in [0.2, 0.25) is 0 Å². The predicted octanol–water partition coefficient (Wildman–Crippen LogP) is 7.60. The molecule has 3 aromatic carbocycles. The van der Waals surface area contributed by atoms with E-state index in [2.05, 4.69) is 58.4 Å². The van der Waals surface area contributed by atoms with Crippen molar-refractivity contribution in [2.24, 2.45) is 5.41 Å². The van der Waals surface area contributed by atoms with Crippen molar-refractivity contribution in [2.75, 3.05) is 26.2 Å². The van der Waals surface area contributed by atoms with Crippen LogP contribution < -0.4 is 4.74 Å².